The van der Waals surface area contributed by atoms with Crippen molar-refractivity contribution in [2.45, 2.75) is 31.2 Å². The van der Waals surface area contributed by atoms with Crippen LogP contribution in [0.2, 0.25) is 0 Å². The van der Waals surface area contributed by atoms with E-state index in [-0.39, 0.29) is 6.04 Å². The summed E-state index contributed by atoms with van der Waals surface area (Å²) in [6.07, 6.45) is 0.974. The van der Waals surface area contributed by atoms with Crippen molar-refractivity contribution in [3.05, 3.63) is 29.3 Å². The number of fused-ring (bicyclic) bond motifs is 1. The highest BCUT2D eigenvalue weighted by molar-refractivity contribution is 7.89. The highest BCUT2D eigenvalue weighted by Gasteiger charge is 2.44. The molecule has 0 amide bonds. The third-order valence-electron chi connectivity index (χ3n) is 4.31. The fraction of sp³-hybridized carbons (Fsp3) is 0.571. The van der Waals surface area contributed by atoms with Crippen LogP contribution in [0.25, 0.3) is 0 Å². The van der Waals surface area contributed by atoms with E-state index in [1.807, 2.05) is 26.0 Å². The Labute approximate surface area is 114 Å². The van der Waals surface area contributed by atoms with Gasteiger partial charge in [-0.2, -0.15) is 4.31 Å². The van der Waals surface area contributed by atoms with E-state index in [1.165, 1.54) is 0 Å². The van der Waals surface area contributed by atoms with Crippen molar-refractivity contribution in [1.29, 1.82) is 0 Å². The maximum absolute atomic E-state index is 12.8. The van der Waals surface area contributed by atoms with Crippen molar-refractivity contribution in [2.24, 2.45) is 5.92 Å². The normalized spacial score (nSPS) is 27.7. The van der Waals surface area contributed by atoms with Crippen LogP contribution in [0, 0.1) is 19.8 Å². The van der Waals surface area contributed by atoms with Gasteiger partial charge in [-0.25, -0.2) is 8.42 Å². The fourth-order valence-electron chi connectivity index (χ4n) is 3.32. The first kappa shape index (κ1) is 13.1. The second-order valence-electron chi connectivity index (χ2n) is 5.66. The zero-order valence-electron chi connectivity index (χ0n) is 11.4. The van der Waals surface area contributed by atoms with E-state index >= 15 is 0 Å². The molecule has 0 radical (unpaired) electrons. The largest absolute Gasteiger partial charge is 0.315 e. The molecule has 104 valence electrons. The van der Waals surface area contributed by atoms with Gasteiger partial charge in [0, 0.05) is 19.1 Å². The molecule has 2 aliphatic heterocycles. The van der Waals surface area contributed by atoms with Gasteiger partial charge in [0.05, 0.1) is 4.90 Å². The Morgan fingerprint density at radius 1 is 1.26 bits per heavy atom. The van der Waals surface area contributed by atoms with E-state index in [1.54, 1.807) is 10.4 Å². The molecule has 1 N–H and O–H groups in total. The van der Waals surface area contributed by atoms with Crippen molar-refractivity contribution in [3.63, 3.8) is 0 Å². The minimum atomic E-state index is -3.35. The molecule has 2 fully saturated rings. The predicted octanol–water partition coefficient (Wildman–Crippen LogP) is 1.29. The van der Waals surface area contributed by atoms with Gasteiger partial charge in [0.2, 0.25) is 10.0 Å². The molecule has 0 spiro atoms. The van der Waals surface area contributed by atoms with Gasteiger partial charge in [-0.05, 0) is 44.4 Å². The topological polar surface area (TPSA) is 49.4 Å². The molecule has 0 unspecified atom stereocenters. The van der Waals surface area contributed by atoms with Crippen molar-refractivity contribution < 1.29 is 8.42 Å². The van der Waals surface area contributed by atoms with Crippen molar-refractivity contribution >= 4 is 10.0 Å². The van der Waals surface area contributed by atoms with Crippen LogP contribution in [-0.2, 0) is 10.0 Å². The third kappa shape index (κ3) is 2.10. The van der Waals surface area contributed by atoms with Crippen LogP contribution in [-0.4, -0.2) is 38.4 Å². The Morgan fingerprint density at radius 3 is 2.79 bits per heavy atom. The van der Waals surface area contributed by atoms with Crippen molar-refractivity contribution in [1.82, 2.24) is 9.62 Å². The monoisotopic (exact) mass is 280 g/mol. The van der Waals surface area contributed by atoms with Crippen molar-refractivity contribution in [3.8, 4) is 0 Å². The number of aryl methyl sites for hydroxylation is 2. The van der Waals surface area contributed by atoms with E-state index in [0.29, 0.717) is 17.4 Å². The number of nitrogens with one attached hydrogen (secondary N) is 1. The Bertz CT molecular complexity index is 597. The lowest BCUT2D eigenvalue weighted by Crippen LogP contribution is -2.39. The van der Waals surface area contributed by atoms with Crippen LogP contribution in [0.3, 0.4) is 0 Å². The number of benzene rings is 1. The first-order valence-electron chi connectivity index (χ1n) is 6.80. The highest BCUT2D eigenvalue weighted by atomic mass is 32.2. The maximum atomic E-state index is 12.8. The van der Waals surface area contributed by atoms with Crippen molar-refractivity contribution in [2.75, 3.05) is 19.6 Å². The van der Waals surface area contributed by atoms with Crippen LogP contribution in [0.5, 0.6) is 0 Å². The Balaban J connectivity index is 1.98. The van der Waals surface area contributed by atoms with Gasteiger partial charge >= 0.3 is 0 Å². The summed E-state index contributed by atoms with van der Waals surface area (Å²) < 4.78 is 27.3. The lowest BCUT2D eigenvalue weighted by Gasteiger charge is -2.23. The molecule has 0 bridgehead atoms. The molecule has 0 aromatic heterocycles. The number of rotatable bonds is 2. The zero-order chi connectivity index (χ0) is 13.6. The van der Waals surface area contributed by atoms with Crippen LogP contribution in [0.4, 0.5) is 0 Å². The third-order valence-corrected chi connectivity index (χ3v) is 6.40. The van der Waals surface area contributed by atoms with E-state index in [0.717, 1.165) is 30.6 Å². The van der Waals surface area contributed by atoms with Crippen LogP contribution in [0.15, 0.2) is 23.1 Å². The van der Waals surface area contributed by atoms with Gasteiger partial charge in [0.15, 0.2) is 0 Å². The maximum Gasteiger partial charge on any atom is 0.243 e. The summed E-state index contributed by atoms with van der Waals surface area (Å²) in [7, 11) is -3.35. The van der Waals surface area contributed by atoms with Gasteiger partial charge in [0.1, 0.15) is 0 Å². The Morgan fingerprint density at radius 2 is 2.05 bits per heavy atom. The van der Waals surface area contributed by atoms with Gasteiger partial charge in [-0.15, -0.1) is 0 Å². The molecule has 4 nitrogen and oxygen atoms in total. The molecule has 2 aliphatic rings. The molecule has 0 aliphatic carbocycles. The van der Waals surface area contributed by atoms with E-state index in [9.17, 15) is 8.42 Å². The molecule has 3 rings (SSSR count). The summed E-state index contributed by atoms with van der Waals surface area (Å²) >= 11 is 0. The molecule has 0 saturated carbocycles. The van der Waals surface area contributed by atoms with Gasteiger partial charge < -0.3 is 5.32 Å². The van der Waals surface area contributed by atoms with E-state index in [4.69, 9.17) is 0 Å². The SMILES string of the molecule is Cc1ccc(S(=O)(=O)N2CC[C@H]3CNC[C@H]32)c(C)c1. The minimum absolute atomic E-state index is 0.144. The molecular formula is C14H20N2O2S. The summed E-state index contributed by atoms with van der Waals surface area (Å²) in [6, 6.07) is 5.70. The van der Waals surface area contributed by atoms with Gasteiger partial charge in [-0.3, -0.25) is 0 Å². The first-order valence-corrected chi connectivity index (χ1v) is 8.24. The Kier molecular flexibility index (Phi) is 3.15. The molecule has 1 aromatic carbocycles. The standard InChI is InChI=1S/C14H20N2O2S/c1-10-3-4-14(11(2)7-10)19(17,18)16-6-5-12-8-15-9-13(12)16/h3-4,7,12-13,15H,5-6,8-9H2,1-2H3/t12-,13+/m0/s1. The first-order chi connectivity index (χ1) is 9.00. The number of sulfonamides is 1. The van der Waals surface area contributed by atoms with E-state index in [2.05, 4.69) is 5.32 Å². The minimum Gasteiger partial charge on any atom is -0.315 e. The van der Waals surface area contributed by atoms with Crippen LogP contribution in [0.1, 0.15) is 17.5 Å². The predicted molar refractivity (Wildman–Crippen MR) is 74.6 cm³/mol. The number of nitrogens with zero attached hydrogens (tertiary/aromatic N) is 1. The number of hydrogen-bond donors (Lipinski definition) is 1. The van der Waals surface area contributed by atoms with Gasteiger partial charge in [0.25, 0.3) is 0 Å². The average molecular weight is 280 g/mol. The summed E-state index contributed by atoms with van der Waals surface area (Å²) in [5.41, 5.74) is 1.94. The second-order valence-corrected chi connectivity index (χ2v) is 7.52. The number of hydrogen-bond acceptors (Lipinski definition) is 3. The highest BCUT2D eigenvalue weighted by Crippen LogP contribution is 2.33. The summed E-state index contributed by atoms with van der Waals surface area (Å²) in [6.45, 7) is 6.25. The molecule has 2 atom stereocenters. The quantitative estimate of drug-likeness (QED) is 0.888. The van der Waals surface area contributed by atoms with Crippen LogP contribution >= 0.6 is 0 Å². The Hall–Kier alpha value is -0.910. The lowest BCUT2D eigenvalue weighted by atomic mass is 10.1. The smallest absolute Gasteiger partial charge is 0.243 e. The summed E-state index contributed by atoms with van der Waals surface area (Å²) in [4.78, 5) is 0.464. The van der Waals surface area contributed by atoms with Crippen LogP contribution < -0.4 is 5.32 Å². The molecule has 5 heteroatoms. The average Bonchev–Trinajstić information content (AvgIpc) is 2.88. The van der Waals surface area contributed by atoms with E-state index < -0.39 is 10.0 Å². The molecule has 2 saturated heterocycles. The summed E-state index contributed by atoms with van der Waals surface area (Å²) in [5.74, 6) is 0.487. The fourth-order valence-corrected chi connectivity index (χ4v) is 5.23. The summed E-state index contributed by atoms with van der Waals surface area (Å²) in [5, 5.41) is 3.30. The second kappa shape index (κ2) is 4.58. The lowest BCUT2D eigenvalue weighted by molar-refractivity contribution is 0.382. The molecule has 1 aromatic rings. The molecule has 2 heterocycles. The molecular weight excluding hydrogens is 260 g/mol. The van der Waals surface area contributed by atoms with Gasteiger partial charge in [-0.1, -0.05) is 17.7 Å². The zero-order valence-corrected chi connectivity index (χ0v) is 12.2. The molecule has 19 heavy (non-hydrogen) atoms.